The lowest BCUT2D eigenvalue weighted by molar-refractivity contribution is 1.08. The fourth-order valence-corrected chi connectivity index (χ4v) is 2.28. The highest BCUT2D eigenvalue weighted by atomic mass is 16.1. The molecule has 5 N–H and O–H groups in total. The minimum absolute atomic E-state index is 0.0685. The third-order valence-electron chi connectivity index (χ3n) is 3.24. The van der Waals surface area contributed by atoms with E-state index in [0.717, 1.165) is 16.7 Å². The number of nitrogens with one attached hydrogen (secondary N) is 1. The second kappa shape index (κ2) is 4.34. The van der Waals surface area contributed by atoms with E-state index >= 15 is 0 Å². The number of fused-ring (bicyclic) bond motifs is 1. The van der Waals surface area contributed by atoms with Gasteiger partial charge < -0.3 is 16.5 Å². The Morgan fingerprint density at radius 3 is 2.45 bits per heavy atom. The van der Waals surface area contributed by atoms with Gasteiger partial charge in [-0.05, 0) is 18.1 Å². The third-order valence-corrected chi connectivity index (χ3v) is 3.24. The molecule has 2 aliphatic rings. The number of benzene rings is 1. The molecule has 0 spiro atoms. The smallest absolute Gasteiger partial charge is 0.284 e. The number of anilines is 2. The van der Waals surface area contributed by atoms with Crippen LogP contribution in [0, 0.1) is 6.92 Å². The van der Waals surface area contributed by atoms with Crippen LogP contribution in [0.15, 0.2) is 35.1 Å². The van der Waals surface area contributed by atoms with E-state index in [2.05, 4.69) is 15.0 Å². The maximum absolute atomic E-state index is 12.2. The fourth-order valence-electron chi connectivity index (χ4n) is 2.28. The third kappa shape index (κ3) is 1.78. The van der Waals surface area contributed by atoms with Gasteiger partial charge in [-0.3, -0.25) is 4.79 Å². The molecule has 2 heterocycles. The van der Waals surface area contributed by atoms with Gasteiger partial charge >= 0.3 is 0 Å². The van der Waals surface area contributed by atoms with E-state index in [9.17, 15) is 4.79 Å². The molecule has 6 nitrogen and oxygen atoms in total. The van der Waals surface area contributed by atoms with Gasteiger partial charge in [0, 0.05) is 5.56 Å². The summed E-state index contributed by atoms with van der Waals surface area (Å²) in [6.07, 6.45) is 0. The van der Waals surface area contributed by atoms with Crippen LogP contribution in [0.5, 0.6) is 0 Å². The summed E-state index contributed by atoms with van der Waals surface area (Å²) in [5.74, 6) is 0.735. The summed E-state index contributed by atoms with van der Waals surface area (Å²) in [6, 6.07) is 9.53. The number of nitrogens with zero attached hydrogens (tertiary/aromatic N) is 2. The van der Waals surface area contributed by atoms with Gasteiger partial charge in [-0.2, -0.15) is 9.97 Å². The standard InChI is InChI=1S/C14H13N5O/c1-7-9(8-5-3-2-4-6-8)10-12(17-11(7)15)18-14(16)19-13(10)20/h2-6H,1H3,(H5,15,16,17,18,19,20). The molecule has 0 radical (unpaired) electrons. The lowest BCUT2D eigenvalue weighted by Crippen LogP contribution is -2.18. The molecule has 20 heavy (non-hydrogen) atoms. The van der Waals surface area contributed by atoms with Crippen molar-refractivity contribution in [1.82, 2.24) is 15.0 Å². The van der Waals surface area contributed by atoms with Gasteiger partial charge in [-0.1, -0.05) is 30.3 Å². The Labute approximate surface area is 114 Å². The number of hydrogen-bond donors (Lipinski definition) is 3. The summed E-state index contributed by atoms with van der Waals surface area (Å²) in [6.45, 7) is 1.85. The Bertz CT molecular complexity index is 810. The van der Waals surface area contributed by atoms with Gasteiger partial charge in [0.1, 0.15) is 11.6 Å². The monoisotopic (exact) mass is 267 g/mol. The number of hydrogen-bond acceptors (Lipinski definition) is 5. The molecular weight excluding hydrogens is 254 g/mol. The molecule has 3 rings (SSSR count). The predicted molar refractivity (Wildman–Crippen MR) is 78.3 cm³/mol. The second-order valence-electron chi connectivity index (χ2n) is 4.52. The largest absolute Gasteiger partial charge is 0.385 e. The SMILES string of the molecule is Cc1c(N)[nH]c2nc(N)nc(=O)c-2c1-c1ccccc1. The molecule has 1 aromatic rings. The minimum Gasteiger partial charge on any atom is -0.385 e. The van der Waals surface area contributed by atoms with Crippen LogP contribution >= 0.6 is 0 Å². The van der Waals surface area contributed by atoms with Crippen LogP contribution < -0.4 is 17.0 Å². The van der Waals surface area contributed by atoms with Crippen molar-refractivity contribution in [3.63, 3.8) is 0 Å². The van der Waals surface area contributed by atoms with Gasteiger partial charge in [0.05, 0.1) is 5.56 Å². The number of rotatable bonds is 1. The number of pyridine rings is 1. The Hall–Kier alpha value is -2.89. The van der Waals surface area contributed by atoms with E-state index < -0.39 is 5.56 Å². The molecule has 0 aromatic heterocycles. The van der Waals surface area contributed by atoms with E-state index in [1.807, 2.05) is 37.3 Å². The molecule has 0 unspecified atom stereocenters. The van der Waals surface area contributed by atoms with Crippen LogP contribution in [0.25, 0.3) is 22.5 Å². The topological polar surface area (TPSA) is 111 Å². The second-order valence-corrected chi connectivity index (χ2v) is 4.52. The molecule has 0 fully saturated rings. The molecule has 0 aliphatic carbocycles. The number of aromatic nitrogens is 3. The summed E-state index contributed by atoms with van der Waals surface area (Å²) in [4.78, 5) is 22.8. The zero-order valence-corrected chi connectivity index (χ0v) is 10.8. The summed E-state index contributed by atoms with van der Waals surface area (Å²) in [7, 11) is 0. The zero-order chi connectivity index (χ0) is 14.3. The highest BCUT2D eigenvalue weighted by molar-refractivity contribution is 5.86. The highest BCUT2D eigenvalue weighted by Gasteiger charge is 2.21. The molecule has 1 aromatic carbocycles. The van der Waals surface area contributed by atoms with Gasteiger partial charge in [0.15, 0.2) is 0 Å². The van der Waals surface area contributed by atoms with Crippen molar-refractivity contribution >= 4 is 11.8 Å². The Balaban J connectivity index is 2.48. The Morgan fingerprint density at radius 1 is 1.05 bits per heavy atom. The average Bonchev–Trinajstić information content (AvgIpc) is 2.42. The van der Waals surface area contributed by atoms with Crippen LogP contribution in [0.4, 0.5) is 11.8 Å². The van der Waals surface area contributed by atoms with E-state index in [4.69, 9.17) is 11.5 Å². The number of nitrogen functional groups attached to an aromatic ring is 2. The normalized spacial score (nSPS) is 10.8. The number of aromatic amines is 1. The molecule has 0 atom stereocenters. The fraction of sp³-hybridized carbons (Fsp3) is 0.0714. The van der Waals surface area contributed by atoms with Crippen molar-refractivity contribution in [2.24, 2.45) is 0 Å². The van der Waals surface area contributed by atoms with E-state index in [0.29, 0.717) is 17.2 Å². The lowest BCUT2D eigenvalue weighted by Gasteiger charge is -2.16. The van der Waals surface area contributed by atoms with Crippen molar-refractivity contribution in [3.8, 4) is 22.5 Å². The minimum atomic E-state index is -0.411. The van der Waals surface area contributed by atoms with Gasteiger partial charge in [-0.25, -0.2) is 0 Å². The predicted octanol–water partition coefficient (Wildman–Crippen LogP) is 1.41. The zero-order valence-electron chi connectivity index (χ0n) is 10.8. The van der Waals surface area contributed by atoms with Crippen LogP contribution in [0.2, 0.25) is 0 Å². The molecule has 6 heteroatoms. The van der Waals surface area contributed by atoms with E-state index in [1.54, 1.807) is 0 Å². The van der Waals surface area contributed by atoms with Gasteiger partial charge in [0.2, 0.25) is 5.95 Å². The van der Waals surface area contributed by atoms with Crippen molar-refractivity contribution < 1.29 is 0 Å². The quantitative estimate of drug-likeness (QED) is 0.617. The Morgan fingerprint density at radius 2 is 1.75 bits per heavy atom. The molecule has 2 aliphatic heterocycles. The summed E-state index contributed by atoms with van der Waals surface area (Å²) in [5, 5.41) is 0. The van der Waals surface area contributed by atoms with Gasteiger partial charge in [0.25, 0.3) is 5.56 Å². The van der Waals surface area contributed by atoms with Crippen molar-refractivity contribution in [2.75, 3.05) is 11.5 Å². The first kappa shape index (κ1) is 12.2. The molecule has 100 valence electrons. The summed E-state index contributed by atoms with van der Waals surface area (Å²) >= 11 is 0. The van der Waals surface area contributed by atoms with Crippen LogP contribution in [-0.2, 0) is 0 Å². The molecular formula is C14H13N5O. The number of nitrogens with two attached hydrogens (primary N) is 2. The van der Waals surface area contributed by atoms with Crippen molar-refractivity contribution in [3.05, 3.63) is 46.2 Å². The van der Waals surface area contributed by atoms with E-state index in [-0.39, 0.29) is 5.95 Å². The first-order valence-corrected chi connectivity index (χ1v) is 6.09. The van der Waals surface area contributed by atoms with Crippen LogP contribution in [0.1, 0.15) is 5.56 Å². The average molecular weight is 267 g/mol. The van der Waals surface area contributed by atoms with Crippen molar-refractivity contribution in [2.45, 2.75) is 6.92 Å². The summed E-state index contributed by atoms with van der Waals surface area (Å²) in [5.41, 5.74) is 13.9. The lowest BCUT2D eigenvalue weighted by atomic mass is 9.95. The van der Waals surface area contributed by atoms with E-state index in [1.165, 1.54) is 0 Å². The number of H-pyrrole nitrogens is 1. The Kier molecular flexibility index (Phi) is 2.64. The van der Waals surface area contributed by atoms with Crippen LogP contribution in [-0.4, -0.2) is 15.0 Å². The van der Waals surface area contributed by atoms with Gasteiger partial charge in [-0.15, -0.1) is 0 Å². The molecule has 0 bridgehead atoms. The highest BCUT2D eigenvalue weighted by Crippen LogP contribution is 2.34. The maximum atomic E-state index is 12.2. The first-order valence-electron chi connectivity index (χ1n) is 6.09. The maximum Gasteiger partial charge on any atom is 0.284 e. The van der Waals surface area contributed by atoms with Crippen LogP contribution in [0.3, 0.4) is 0 Å². The molecule has 0 saturated heterocycles. The van der Waals surface area contributed by atoms with Crippen molar-refractivity contribution in [1.29, 1.82) is 0 Å². The molecule has 0 amide bonds. The first-order chi connectivity index (χ1) is 9.58. The molecule has 0 saturated carbocycles. The summed E-state index contributed by atoms with van der Waals surface area (Å²) < 4.78 is 0.